The van der Waals surface area contributed by atoms with Gasteiger partial charge in [0.25, 0.3) is 5.91 Å². The molecule has 4 aromatic rings. The largest absolute Gasteiger partial charge is 0.492 e. The number of hydrogen-bond acceptors (Lipinski definition) is 7. The second-order valence-electron chi connectivity index (χ2n) is 10.1. The average molecular weight is 568 g/mol. The highest BCUT2D eigenvalue weighted by Crippen LogP contribution is 2.35. The number of carbonyl (C=O) groups excluding carboxylic acids is 1. The molecule has 2 unspecified atom stereocenters. The van der Waals surface area contributed by atoms with Crippen LogP contribution in [0.3, 0.4) is 0 Å². The molecule has 1 saturated heterocycles. The third-order valence-electron chi connectivity index (χ3n) is 6.83. The number of thiazole rings is 1. The summed E-state index contributed by atoms with van der Waals surface area (Å²) < 4.78 is 36.7. The van der Waals surface area contributed by atoms with Gasteiger partial charge in [0.1, 0.15) is 11.3 Å². The Hall–Kier alpha value is -3.28. The van der Waals surface area contributed by atoms with Crippen LogP contribution in [-0.2, 0) is 16.6 Å². The van der Waals surface area contributed by atoms with E-state index in [-0.39, 0.29) is 10.8 Å². The first kappa shape index (κ1) is 27.3. The fourth-order valence-electron chi connectivity index (χ4n) is 5.09. The highest BCUT2D eigenvalue weighted by atomic mass is 32.2. The first-order valence-corrected chi connectivity index (χ1v) is 15.4. The number of sulfonamides is 1. The predicted octanol–water partition coefficient (Wildman–Crippen LogP) is 4.91. The lowest BCUT2D eigenvalue weighted by molar-refractivity contribution is 0.0985. The monoisotopic (exact) mass is 567 g/mol. The number of hydrogen-bond donors (Lipinski definition) is 0. The zero-order valence-corrected chi connectivity index (χ0v) is 24.0. The summed E-state index contributed by atoms with van der Waals surface area (Å²) in [5.41, 5.74) is 1.10. The van der Waals surface area contributed by atoms with Crippen LogP contribution >= 0.6 is 11.3 Å². The molecule has 0 N–H and O–H groups in total. The van der Waals surface area contributed by atoms with Gasteiger partial charge in [0.15, 0.2) is 5.13 Å². The highest BCUT2D eigenvalue weighted by molar-refractivity contribution is 7.89. The number of rotatable bonds is 9. The number of nitrogens with zero attached hydrogens (tertiary/aromatic N) is 5. The zero-order chi connectivity index (χ0) is 27.6. The standard InChI is InChI=1S/C28H33N5O4S2/c1-4-37-24-7-5-8-25-26(24)30-28(38-25)33(16-15-31-14-6-13-29-31)27(34)22-9-11-23(12-10-22)39(35,36)32-18-20(2)17-21(3)19-32/h5-14,20-21H,4,15-19H2,1-3H3. The topological polar surface area (TPSA) is 97.6 Å². The lowest BCUT2D eigenvalue weighted by atomic mass is 9.94. The number of para-hydroxylation sites is 1. The molecule has 0 bridgehead atoms. The summed E-state index contributed by atoms with van der Waals surface area (Å²) in [7, 11) is -3.64. The number of aromatic nitrogens is 3. The van der Waals surface area contributed by atoms with Gasteiger partial charge in [0.05, 0.1) is 22.7 Å². The Bertz CT molecular complexity index is 1520. The maximum atomic E-state index is 13.8. The van der Waals surface area contributed by atoms with E-state index in [9.17, 15) is 13.2 Å². The predicted molar refractivity (Wildman–Crippen MR) is 153 cm³/mol. The van der Waals surface area contributed by atoms with Crippen LogP contribution < -0.4 is 9.64 Å². The molecule has 2 aromatic carbocycles. The van der Waals surface area contributed by atoms with Gasteiger partial charge in [-0.3, -0.25) is 14.4 Å². The van der Waals surface area contributed by atoms with Gasteiger partial charge in [-0.05, 0) is 67.6 Å². The lowest BCUT2D eigenvalue weighted by Crippen LogP contribution is -2.42. The molecule has 206 valence electrons. The molecule has 0 radical (unpaired) electrons. The number of piperidine rings is 1. The molecule has 1 fully saturated rings. The molecule has 0 aliphatic carbocycles. The van der Waals surface area contributed by atoms with Gasteiger partial charge in [0.2, 0.25) is 10.0 Å². The summed E-state index contributed by atoms with van der Waals surface area (Å²) in [4.78, 5) is 20.4. The summed E-state index contributed by atoms with van der Waals surface area (Å²) >= 11 is 1.41. The number of carbonyl (C=O) groups is 1. The van der Waals surface area contributed by atoms with E-state index in [2.05, 4.69) is 18.9 Å². The van der Waals surface area contributed by atoms with Gasteiger partial charge in [0, 0.05) is 37.6 Å². The fraction of sp³-hybridized carbons (Fsp3) is 0.393. The maximum absolute atomic E-state index is 13.8. The van der Waals surface area contributed by atoms with Crippen molar-refractivity contribution in [3.63, 3.8) is 0 Å². The van der Waals surface area contributed by atoms with E-state index in [4.69, 9.17) is 9.72 Å². The highest BCUT2D eigenvalue weighted by Gasteiger charge is 2.32. The van der Waals surface area contributed by atoms with Crippen molar-refractivity contribution in [2.45, 2.75) is 38.6 Å². The minimum Gasteiger partial charge on any atom is -0.492 e. The molecule has 0 saturated carbocycles. The van der Waals surface area contributed by atoms with Crippen LogP contribution in [0.5, 0.6) is 5.75 Å². The third kappa shape index (κ3) is 5.85. The molecule has 9 nitrogen and oxygen atoms in total. The van der Waals surface area contributed by atoms with Gasteiger partial charge >= 0.3 is 0 Å². The quantitative estimate of drug-likeness (QED) is 0.285. The van der Waals surface area contributed by atoms with Crippen LogP contribution in [-0.4, -0.2) is 59.6 Å². The molecular formula is C28H33N5O4S2. The summed E-state index contributed by atoms with van der Waals surface area (Å²) in [5, 5.41) is 4.80. The lowest BCUT2D eigenvalue weighted by Gasteiger charge is -2.34. The molecule has 3 heterocycles. The van der Waals surface area contributed by atoms with Crippen LogP contribution in [0.15, 0.2) is 65.8 Å². The van der Waals surface area contributed by atoms with Crippen molar-refractivity contribution in [3.05, 3.63) is 66.5 Å². The van der Waals surface area contributed by atoms with E-state index < -0.39 is 10.0 Å². The minimum atomic E-state index is -3.64. The number of fused-ring (bicyclic) bond motifs is 1. The van der Waals surface area contributed by atoms with E-state index in [1.54, 1.807) is 32.2 Å². The van der Waals surface area contributed by atoms with Crippen molar-refractivity contribution >= 4 is 42.6 Å². The van der Waals surface area contributed by atoms with Crippen molar-refractivity contribution in [2.75, 3.05) is 31.1 Å². The summed E-state index contributed by atoms with van der Waals surface area (Å²) in [6, 6.07) is 13.8. The molecule has 1 aliphatic heterocycles. The molecule has 2 aromatic heterocycles. The van der Waals surface area contributed by atoms with Crippen LogP contribution in [0.1, 0.15) is 37.6 Å². The van der Waals surface area contributed by atoms with Crippen molar-refractivity contribution < 1.29 is 17.9 Å². The van der Waals surface area contributed by atoms with E-state index >= 15 is 0 Å². The molecule has 39 heavy (non-hydrogen) atoms. The van der Waals surface area contributed by atoms with Crippen LogP contribution in [0.2, 0.25) is 0 Å². The first-order chi connectivity index (χ1) is 18.8. The third-order valence-corrected chi connectivity index (χ3v) is 9.72. The van der Waals surface area contributed by atoms with E-state index in [0.29, 0.717) is 66.6 Å². The molecular weight excluding hydrogens is 534 g/mol. The summed E-state index contributed by atoms with van der Waals surface area (Å²) in [6.07, 6.45) is 4.56. The normalized spacial score (nSPS) is 18.3. The SMILES string of the molecule is CCOc1cccc2sc(N(CCn3cccn3)C(=O)c3ccc(S(=O)(=O)N4CC(C)CC(C)C4)cc3)nc12. The average Bonchev–Trinajstić information content (AvgIpc) is 3.59. The Kier molecular flexibility index (Phi) is 8.01. The summed E-state index contributed by atoms with van der Waals surface area (Å²) in [5.74, 6) is 1.03. The van der Waals surface area contributed by atoms with E-state index in [1.807, 2.05) is 37.4 Å². The Morgan fingerprint density at radius 3 is 2.51 bits per heavy atom. The molecule has 5 rings (SSSR count). The number of ether oxygens (including phenoxy) is 1. The van der Waals surface area contributed by atoms with Crippen molar-refractivity contribution in [3.8, 4) is 5.75 Å². The zero-order valence-electron chi connectivity index (χ0n) is 22.4. The Morgan fingerprint density at radius 1 is 1.10 bits per heavy atom. The Morgan fingerprint density at radius 2 is 1.85 bits per heavy atom. The van der Waals surface area contributed by atoms with Gasteiger partial charge in [-0.2, -0.15) is 9.40 Å². The van der Waals surface area contributed by atoms with Crippen LogP contribution in [0.4, 0.5) is 5.13 Å². The molecule has 2 atom stereocenters. The fourth-order valence-corrected chi connectivity index (χ4v) is 7.78. The van der Waals surface area contributed by atoms with E-state index in [0.717, 1.165) is 11.1 Å². The molecule has 1 amide bonds. The molecule has 0 spiro atoms. The van der Waals surface area contributed by atoms with Crippen molar-refractivity contribution in [1.82, 2.24) is 19.1 Å². The van der Waals surface area contributed by atoms with E-state index in [1.165, 1.54) is 23.5 Å². The Balaban J connectivity index is 1.43. The minimum absolute atomic E-state index is 0.199. The molecule has 11 heteroatoms. The Labute approximate surface area is 233 Å². The van der Waals surface area contributed by atoms with Gasteiger partial charge in [-0.15, -0.1) is 0 Å². The van der Waals surface area contributed by atoms with Crippen LogP contribution in [0.25, 0.3) is 10.2 Å². The van der Waals surface area contributed by atoms with Gasteiger partial charge < -0.3 is 4.74 Å². The molecule has 1 aliphatic rings. The number of anilines is 1. The smallest absolute Gasteiger partial charge is 0.260 e. The number of benzene rings is 2. The van der Waals surface area contributed by atoms with Crippen molar-refractivity contribution in [1.29, 1.82) is 0 Å². The van der Waals surface area contributed by atoms with Crippen LogP contribution in [0, 0.1) is 11.8 Å². The van der Waals surface area contributed by atoms with Crippen molar-refractivity contribution in [2.24, 2.45) is 11.8 Å². The summed E-state index contributed by atoms with van der Waals surface area (Å²) in [6.45, 7) is 8.43. The van der Waals surface area contributed by atoms with Gasteiger partial charge in [-0.25, -0.2) is 13.4 Å². The maximum Gasteiger partial charge on any atom is 0.260 e. The number of amides is 1. The second kappa shape index (κ2) is 11.4. The first-order valence-electron chi connectivity index (χ1n) is 13.2. The van der Waals surface area contributed by atoms with Gasteiger partial charge in [-0.1, -0.05) is 31.3 Å². The second-order valence-corrected chi connectivity index (χ2v) is 13.0.